The Morgan fingerprint density at radius 3 is 1.45 bits per heavy atom. The summed E-state index contributed by atoms with van der Waals surface area (Å²) in [5, 5.41) is 0. The first-order valence-electron chi connectivity index (χ1n) is 16.9. The maximum Gasteiger partial charge on any atom is 0.0951 e. The zero-order valence-electron chi connectivity index (χ0n) is 25.6. The Kier molecular flexibility index (Phi) is 19.1. The van der Waals surface area contributed by atoms with Gasteiger partial charge in [-0.05, 0) is 36.3 Å². The number of nitrogens with zero attached hydrogens (tertiary/aromatic N) is 2. The smallest absolute Gasteiger partial charge is 0.0951 e. The standard InChI is InChI=1S/C36H62N2/c1-4-7-9-11-13-15-17-19-21-23-27-33(26-22-20-18-16-14-12-10-8-5-2)34-28-24-25-29-35(34)36(6-3)38-31-30-37-32-38/h24-25,28-33,36H,4-23,26-27H2,1-3H3. The van der Waals surface area contributed by atoms with Crippen LogP contribution in [0.5, 0.6) is 0 Å². The molecule has 0 N–H and O–H groups in total. The molecule has 1 heterocycles. The average Bonchev–Trinajstić information content (AvgIpc) is 3.47. The largest absolute Gasteiger partial charge is 0.330 e. The molecule has 0 spiro atoms. The Morgan fingerprint density at radius 2 is 1.03 bits per heavy atom. The van der Waals surface area contributed by atoms with Gasteiger partial charge in [-0.1, -0.05) is 167 Å². The second kappa shape index (κ2) is 22.3. The first-order chi connectivity index (χ1) is 18.8. The monoisotopic (exact) mass is 522 g/mol. The quantitative estimate of drug-likeness (QED) is 0.119. The molecule has 216 valence electrons. The van der Waals surface area contributed by atoms with Crippen LogP contribution in [0.15, 0.2) is 43.0 Å². The van der Waals surface area contributed by atoms with Crippen LogP contribution in [0.1, 0.15) is 185 Å². The minimum atomic E-state index is 0.395. The van der Waals surface area contributed by atoms with Gasteiger partial charge in [0.05, 0.1) is 12.4 Å². The summed E-state index contributed by atoms with van der Waals surface area (Å²) in [6, 6.07) is 9.76. The third kappa shape index (κ3) is 13.5. The van der Waals surface area contributed by atoms with E-state index in [1.54, 1.807) is 5.56 Å². The molecule has 2 rings (SSSR count). The summed E-state index contributed by atoms with van der Waals surface area (Å²) >= 11 is 0. The summed E-state index contributed by atoms with van der Waals surface area (Å²) in [6.07, 6.45) is 36.8. The van der Waals surface area contributed by atoms with E-state index in [4.69, 9.17) is 0 Å². The van der Waals surface area contributed by atoms with Gasteiger partial charge < -0.3 is 4.57 Å². The van der Waals surface area contributed by atoms with E-state index in [1.807, 2.05) is 12.5 Å². The van der Waals surface area contributed by atoms with Crippen LogP contribution in [0.25, 0.3) is 0 Å². The van der Waals surface area contributed by atoms with Gasteiger partial charge in [-0.25, -0.2) is 4.98 Å². The van der Waals surface area contributed by atoms with Gasteiger partial charge in [0.25, 0.3) is 0 Å². The van der Waals surface area contributed by atoms with Gasteiger partial charge in [0.1, 0.15) is 0 Å². The highest BCUT2D eigenvalue weighted by Gasteiger charge is 2.20. The van der Waals surface area contributed by atoms with Crippen LogP contribution in [0.4, 0.5) is 0 Å². The summed E-state index contributed by atoms with van der Waals surface area (Å²) in [5.74, 6) is 0.697. The molecule has 0 aliphatic carbocycles. The summed E-state index contributed by atoms with van der Waals surface area (Å²) < 4.78 is 2.31. The molecule has 1 aromatic heterocycles. The summed E-state index contributed by atoms with van der Waals surface area (Å²) in [5.41, 5.74) is 3.14. The third-order valence-corrected chi connectivity index (χ3v) is 8.63. The Morgan fingerprint density at radius 1 is 0.579 bits per heavy atom. The van der Waals surface area contributed by atoms with Crippen molar-refractivity contribution in [1.82, 2.24) is 9.55 Å². The molecule has 2 heteroatoms. The van der Waals surface area contributed by atoms with E-state index in [0.29, 0.717) is 12.0 Å². The van der Waals surface area contributed by atoms with Crippen LogP contribution < -0.4 is 0 Å². The lowest BCUT2D eigenvalue weighted by molar-refractivity contribution is 0.472. The highest BCUT2D eigenvalue weighted by Crippen LogP contribution is 2.35. The van der Waals surface area contributed by atoms with Gasteiger partial charge in [-0.3, -0.25) is 0 Å². The highest BCUT2D eigenvalue weighted by molar-refractivity contribution is 5.33. The van der Waals surface area contributed by atoms with Gasteiger partial charge in [0.2, 0.25) is 0 Å². The Balaban J connectivity index is 1.88. The summed E-state index contributed by atoms with van der Waals surface area (Å²) in [7, 11) is 0. The summed E-state index contributed by atoms with van der Waals surface area (Å²) in [4.78, 5) is 4.36. The van der Waals surface area contributed by atoms with Crippen molar-refractivity contribution in [1.29, 1.82) is 0 Å². The molecule has 38 heavy (non-hydrogen) atoms. The summed E-state index contributed by atoms with van der Waals surface area (Å²) in [6.45, 7) is 6.93. The van der Waals surface area contributed by atoms with E-state index in [0.717, 1.165) is 6.42 Å². The normalized spacial score (nSPS) is 13.1. The Hall–Kier alpha value is -1.57. The molecular formula is C36H62N2. The van der Waals surface area contributed by atoms with Crippen molar-refractivity contribution in [3.05, 3.63) is 54.1 Å². The number of aromatic nitrogens is 2. The molecule has 0 bridgehead atoms. The zero-order chi connectivity index (χ0) is 27.1. The van der Waals surface area contributed by atoms with Crippen molar-refractivity contribution in [2.75, 3.05) is 0 Å². The molecule has 2 aromatic rings. The van der Waals surface area contributed by atoms with Gasteiger partial charge in [0, 0.05) is 12.4 Å². The predicted molar refractivity (Wildman–Crippen MR) is 168 cm³/mol. The van der Waals surface area contributed by atoms with Gasteiger partial charge in [-0.2, -0.15) is 0 Å². The van der Waals surface area contributed by atoms with Gasteiger partial charge in [-0.15, -0.1) is 0 Å². The molecule has 0 aliphatic heterocycles. The fourth-order valence-electron chi connectivity index (χ4n) is 6.27. The van der Waals surface area contributed by atoms with Crippen molar-refractivity contribution < 1.29 is 0 Å². The van der Waals surface area contributed by atoms with Crippen LogP contribution >= 0.6 is 0 Å². The second-order valence-electron chi connectivity index (χ2n) is 11.8. The molecule has 2 nitrogen and oxygen atoms in total. The molecule has 2 atom stereocenters. The maximum atomic E-state index is 4.36. The fraction of sp³-hybridized carbons (Fsp3) is 0.750. The van der Waals surface area contributed by atoms with Crippen molar-refractivity contribution >= 4 is 0 Å². The topological polar surface area (TPSA) is 17.8 Å². The highest BCUT2D eigenvalue weighted by atomic mass is 15.0. The molecule has 0 aliphatic rings. The van der Waals surface area contributed by atoms with Crippen molar-refractivity contribution in [3.63, 3.8) is 0 Å². The average molecular weight is 523 g/mol. The van der Waals surface area contributed by atoms with Gasteiger partial charge >= 0.3 is 0 Å². The van der Waals surface area contributed by atoms with E-state index in [9.17, 15) is 0 Å². The minimum absolute atomic E-state index is 0.395. The van der Waals surface area contributed by atoms with Crippen LogP contribution in [0, 0.1) is 0 Å². The lowest BCUT2D eigenvalue weighted by atomic mass is 9.83. The number of benzene rings is 1. The number of hydrogen-bond donors (Lipinski definition) is 0. The SMILES string of the molecule is CCCCCCCCCCCCC(CCCCCCCCCCC)c1ccccc1C(CC)n1ccnc1. The van der Waals surface area contributed by atoms with Crippen LogP contribution in [0.3, 0.4) is 0 Å². The molecule has 0 radical (unpaired) electrons. The van der Waals surface area contributed by atoms with Gasteiger partial charge in [0.15, 0.2) is 0 Å². The van der Waals surface area contributed by atoms with Crippen molar-refractivity contribution in [2.45, 2.75) is 174 Å². The molecule has 2 unspecified atom stereocenters. The number of rotatable bonds is 25. The lowest BCUT2D eigenvalue weighted by Gasteiger charge is -2.26. The predicted octanol–water partition coefficient (Wildman–Crippen LogP) is 12.2. The van der Waals surface area contributed by atoms with E-state index in [2.05, 4.69) is 60.8 Å². The molecule has 0 saturated heterocycles. The van der Waals surface area contributed by atoms with Crippen molar-refractivity contribution in [3.8, 4) is 0 Å². The molecule has 1 aromatic carbocycles. The van der Waals surface area contributed by atoms with E-state index in [-0.39, 0.29) is 0 Å². The van der Waals surface area contributed by atoms with Crippen LogP contribution in [-0.2, 0) is 0 Å². The lowest BCUT2D eigenvalue weighted by Crippen LogP contribution is -2.13. The van der Waals surface area contributed by atoms with Crippen molar-refractivity contribution in [2.24, 2.45) is 0 Å². The number of hydrogen-bond acceptors (Lipinski definition) is 1. The minimum Gasteiger partial charge on any atom is -0.330 e. The van der Waals surface area contributed by atoms with E-state index in [1.165, 1.54) is 140 Å². The molecule has 0 amide bonds. The third-order valence-electron chi connectivity index (χ3n) is 8.63. The number of imidazole rings is 1. The molecular weight excluding hydrogens is 460 g/mol. The van der Waals surface area contributed by atoms with Crippen LogP contribution in [-0.4, -0.2) is 9.55 Å². The number of unbranched alkanes of at least 4 members (excludes halogenated alkanes) is 17. The molecule has 0 saturated carbocycles. The Labute approximate surface area is 237 Å². The second-order valence-corrected chi connectivity index (χ2v) is 11.8. The first kappa shape index (κ1) is 32.6. The Bertz CT molecular complexity index is 765. The first-order valence-corrected chi connectivity index (χ1v) is 16.9. The zero-order valence-corrected chi connectivity index (χ0v) is 25.6. The van der Waals surface area contributed by atoms with E-state index >= 15 is 0 Å². The molecule has 0 fully saturated rings. The maximum absolute atomic E-state index is 4.36. The fourth-order valence-corrected chi connectivity index (χ4v) is 6.27. The van der Waals surface area contributed by atoms with E-state index < -0.39 is 0 Å². The van der Waals surface area contributed by atoms with Crippen LogP contribution in [0.2, 0.25) is 0 Å².